The Kier molecular flexibility index (Phi) is 6.10. The fraction of sp³-hybridized carbons (Fsp3) is 0.500. The maximum Gasteiger partial charge on any atom is 0.000811 e. The summed E-state index contributed by atoms with van der Waals surface area (Å²) in [6.07, 6.45) is 3.75. The Bertz CT molecular complexity index is 241. The average molecular weight is 204 g/mol. The maximum absolute atomic E-state index is 3.43. The van der Waals surface area contributed by atoms with Crippen molar-refractivity contribution in [2.45, 2.75) is 33.1 Å². The van der Waals surface area contributed by atoms with E-state index in [1.54, 1.807) is 0 Å². The summed E-state index contributed by atoms with van der Waals surface area (Å²) >= 11 is 0. The second kappa shape index (κ2) is 7.47. The van der Waals surface area contributed by atoms with Crippen LogP contribution in [0.3, 0.4) is 0 Å². The Morgan fingerprint density at radius 2 is 1.80 bits per heavy atom. The van der Waals surface area contributed by atoms with Crippen LogP contribution < -0.4 is 5.32 Å². The second-order valence-electron chi connectivity index (χ2n) is 4.33. The summed E-state index contributed by atoms with van der Waals surface area (Å²) in [5, 5.41) is 3.43. The van der Waals surface area contributed by atoms with Gasteiger partial charge in [-0.2, -0.15) is 0 Å². The summed E-state index contributed by atoms with van der Waals surface area (Å²) < 4.78 is 0. The zero-order chi connectivity index (χ0) is 10.9. The molecule has 0 aromatic heterocycles. The van der Waals surface area contributed by atoms with Crippen molar-refractivity contribution in [3.8, 4) is 0 Å². The Hall–Kier alpha value is -0.820. The number of unbranched alkanes of at least 4 members (excludes halogenated alkanes) is 1. The molecule has 1 radical (unpaired) electrons. The molecule has 1 aromatic rings. The van der Waals surface area contributed by atoms with Crippen molar-refractivity contribution in [1.82, 2.24) is 5.32 Å². The van der Waals surface area contributed by atoms with Crippen LogP contribution in [0.5, 0.6) is 0 Å². The van der Waals surface area contributed by atoms with Gasteiger partial charge in [-0.25, -0.2) is 0 Å². The van der Waals surface area contributed by atoms with Gasteiger partial charge in [0.25, 0.3) is 0 Å². The molecule has 0 aliphatic carbocycles. The summed E-state index contributed by atoms with van der Waals surface area (Å²) in [7, 11) is 0. The average Bonchev–Trinajstić information content (AvgIpc) is 2.24. The molecule has 1 nitrogen and oxygen atoms in total. The lowest BCUT2D eigenvalue weighted by atomic mass is 10.1. The Balaban J connectivity index is 1.98. The van der Waals surface area contributed by atoms with Crippen LogP contribution in [-0.4, -0.2) is 13.1 Å². The van der Waals surface area contributed by atoms with Crippen LogP contribution in [0, 0.1) is 5.92 Å². The fourth-order valence-electron chi connectivity index (χ4n) is 1.56. The van der Waals surface area contributed by atoms with Crippen LogP contribution in [0.2, 0.25) is 0 Å². The molecular formula is C14H22N. The van der Waals surface area contributed by atoms with E-state index in [0.29, 0.717) is 0 Å². The number of aryl methyl sites for hydroxylation is 1. The molecule has 0 heterocycles. The van der Waals surface area contributed by atoms with Gasteiger partial charge in [-0.1, -0.05) is 44.2 Å². The maximum atomic E-state index is 3.43. The Labute approximate surface area is 93.9 Å². The van der Waals surface area contributed by atoms with E-state index >= 15 is 0 Å². The summed E-state index contributed by atoms with van der Waals surface area (Å²) in [5.41, 5.74) is 1.45. The first-order chi connectivity index (χ1) is 7.29. The van der Waals surface area contributed by atoms with Gasteiger partial charge in [-0.15, -0.1) is 0 Å². The van der Waals surface area contributed by atoms with Crippen molar-refractivity contribution in [3.05, 3.63) is 41.8 Å². The van der Waals surface area contributed by atoms with Gasteiger partial charge >= 0.3 is 0 Å². The van der Waals surface area contributed by atoms with Crippen LogP contribution in [0.25, 0.3) is 0 Å². The molecule has 0 atom stereocenters. The highest BCUT2D eigenvalue weighted by Crippen LogP contribution is 2.03. The highest BCUT2D eigenvalue weighted by Gasteiger charge is 1.94. The zero-order valence-corrected chi connectivity index (χ0v) is 9.92. The molecule has 1 N–H and O–H groups in total. The number of hydrogen-bond acceptors (Lipinski definition) is 1. The summed E-state index contributed by atoms with van der Waals surface area (Å²) in [5.74, 6) is 1.46. The van der Waals surface area contributed by atoms with Gasteiger partial charge in [0.2, 0.25) is 0 Å². The summed E-state index contributed by atoms with van der Waals surface area (Å²) in [4.78, 5) is 0. The van der Waals surface area contributed by atoms with E-state index < -0.39 is 0 Å². The number of hydrogen-bond donors (Lipinski definition) is 1. The molecule has 1 aromatic carbocycles. The second-order valence-corrected chi connectivity index (χ2v) is 4.33. The van der Waals surface area contributed by atoms with Crippen LogP contribution in [0.15, 0.2) is 30.3 Å². The normalized spacial score (nSPS) is 10.9. The molecule has 0 bridgehead atoms. The summed E-state index contributed by atoms with van der Waals surface area (Å²) in [6, 6.07) is 10.7. The van der Waals surface area contributed by atoms with E-state index in [2.05, 4.69) is 49.5 Å². The molecule has 0 spiro atoms. The van der Waals surface area contributed by atoms with Crippen molar-refractivity contribution in [2.75, 3.05) is 13.1 Å². The first-order valence-electron chi connectivity index (χ1n) is 5.82. The first-order valence-corrected chi connectivity index (χ1v) is 5.82. The molecule has 0 amide bonds. The number of nitrogens with one attached hydrogen (secondary N) is 1. The van der Waals surface area contributed by atoms with Crippen LogP contribution in [0.1, 0.15) is 32.3 Å². The quantitative estimate of drug-likeness (QED) is 0.672. The van der Waals surface area contributed by atoms with Crippen molar-refractivity contribution in [3.63, 3.8) is 0 Å². The van der Waals surface area contributed by atoms with Crippen LogP contribution >= 0.6 is 0 Å². The van der Waals surface area contributed by atoms with Crippen LogP contribution in [0.4, 0.5) is 0 Å². The third kappa shape index (κ3) is 6.29. The number of benzene rings is 1. The van der Waals surface area contributed by atoms with E-state index in [-0.39, 0.29) is 0 Å². The van der Waals surface area contributed by atoms with Gasteiger partial charge < -0.3 is 5.32 Å². The van der Waals surface area contributed by atoms with Crippen molar-refractivity contribution < 1.29 is 0 Å². The summed E-state index contributed by atoms with van der Waals surface area (Å²) in [6.45, 7) is 6.53. The topological polar surface area (TPSA) is 12.0 Å². The van der Waals surface area contributed by atoms with Gasteiger partial charge in [0.1, 0.15) is 0 Å². The predicted molar refractivity (Wildman–Crippen MR) is 66.8 cm³/mol. The van der Waals surface area contributed by atoms with Crippen LogP contribution in [-0.2, 0) is 6.42 Å². The van der Waals surface area contributed by atoms with Gasteiger partial charge in [0.05, 0.1) is 0 Å². The van der Waals surface area contributed by atoms with Gasteiger partial charge in [0.15, 0.2) is 0 Å². The monoisotopic (exact) mass is 204 g/mol. The van der Waals surface area contributed by atoms with Crippen molar-refractivity contribution in [2.24, 2.45) is 0 Å². The molecule has 0 aliphatic heterocycles. The van der Waals surface area contributed by atoms with Crippen molar-refractivity contribution >= 4 is 0 Å². The standard InChI is InChI=1S/C14H22N/c1-13(2)12-15-11-7-6-10-14-8-4-3-5-9-14/h3-5,8-9,15H,6-7,10-12H2,1-2H3. The fourth-order valence-corrected chi connectivity index (χ4v) is 1.56. The third-order valence-electron chi connectivity index (χ3n) is 2.39. The molecule has 15 heavy (non-hydrogen) atoms. The van der Waals surface area contributed by atoms with E-state index in [1.165, 1.54) is 30.7 Å². The molecule has 83 valence electrons. The highest BCUT2D eigenvalue weighted by atomic mass is 14.8. The zero-order valence-electron chi connectivity index (χ0n) is 9.92. The predicted octanol–water partition coefficient (Wildman–Crippen LogP) is 3.21. The van der Waals surface area contributed by atoms with E-state index in [4.69, 9.17) is 0 Å². The Morgan fingerprint density at radius 3 is 2.47 bits per heavy atom. The largest absolute Gasteiger partial charge is 0.316 e. The molecule has 0 fully saturated rings. The first kappa shape index (κ1) is 12.3. The SMILES string of the molecule is C[C](C)CNCCCCc1ccccc1. The number of rotatable bonds is 7. The smallest absolute Gasteiger partial charge is 0.000811 e. The molecule has 0 saturated carbocycles. The molecule has 1 rings (SSSR count). The van der Waals surface area contributed by atoms with Crippen molar-refractivity contribution in [1.29, 1.82) is 0 Å². The van der Waals surface area contributed by atoms with E-state index in [9.17, 15) is 0 Å². The molecule has 0 saturated heterocycles. The van der Waals surface area contributed by atoms with Gasteiger partial charge in [0, 0.05) is 6.54 Å². The highest BCUT2D eigenvalue weighted by molar-refractivity contribution is 5.14. The lowest BCUT2D eigenvalue weighted by Crippen LogP contribution is -2.19. The van der Waals surface area contributed by atoms with Gasteiger partial charge in [-0.3, -0.25) is 0 Å². The van der Waals surface area contributed by atoms with E-state index in [1.807, 2.05) is 0 Å². The molecular weight excluding hydrogens is 182 g/mol. The van der Waals surface area contributed by atoms with Gasteiger partial charge in [-0.05, 0) is 37.3 Å². The lowest BCUT2D eigenvalue weighted by Gasteiger charge is -2.06. The Morgan fingerprint density at radius 1 is 1.07 bits per heavy atom. The molecule has 1 heteroatoms. The molecule has 0 aliphatic rings. The van der Waals surface area contributed by atoms with E-state index in [0.717, 1.165) is 13.1 Å². The minimum Gasteiger partial charge on any atom is -0.316 e. The lowest BCUT2D eigenvalue weighted by molar-refractivity contribution is 0.629. The minimum absolute atomic E-state index is 1.06. The third-order valence-corrected chi connectivity index (χ3v) is 2.39. The molecule has 0 unspecified atom stereocenters. The minimum atomic E-state index is 1.06.